The molecule has 15 heteroatoms. The number of carboxylic acids is 1. The first kappa shape index (κ1) is 37.1. The van der Waals surface area contributed by atoms with E-state index < -0.39 is 5.97 Å². The molecule has 6 rings (SSSR count). The number of carbonyl (C=O) groups is 2. The highest BCUT2D eigenvalue weighted by molar-refractivity contribution is 5.89. The highest BCUT2D eigenvalue weighted by Gasteiger charge is 2.06. The average molecular weight is 687 g/mol. The number of hydrogen-bond donors (Lipinski definition) is 3. The molecule has 4 heterocycles. The van der Waals surface area contributed by atoms with Gasteiger partial charge in [-0.3, -0.25) is 24.7 Å². The minimum absolute atomic E-state index is 0.242. The summed E-state index contributed by atoms with van der Waals surface area (Å²) in [6, 6.07) is 12.2. The molecule has 4 N–H and O–H groups in total. The Labute approximate surface area is 294 Å². The van der Waals surface area contributed by atoms with Crippen LogP contribution < -0.4 is 11.1 Å². The highest BCUT2D eigenvalue weighted by atomic mass is 16.4. The molecule has 1 amide bonds. The largest absolute Gasteiger partial charge is 0.478 e. The van der Waals surface area contributed by atoms with E-state index in [4.69, 9.17) is 10.8 Å². The van der Waals surface area contributed by atoms with E-state index in [1.165, 1.54) is 28.0 Å². The van der Waals surface area contributed by atoms with Gasteiger partial charge in [0.1, 0.15) is 12.7 Å². The van der Waals surface area contributed by atoms with Crippen molar-refractivity contribution in [3.63, 3.8) is 0 Å². The maximum absolute atomic E-state index is 11.8. The summed E-state index contributed by atoms with van der Waals surface area (Å²) in [7, 11) is 0. The van der Waals surface area contributed by atoms with E-state index in [0.29, 0.717) is 30.4 Å². The van der Waals surface area contributed by atoms with Gasteiger partial charge in [-0.05, 0) is 52.0 Å². The van der Waals surface area contributed by atoms with Crippen LogP contribution in [0.2, 0.25) is 0 Å². The second-order valence-electron chi connectivity index (χ2n) is 11.1. The molecule has 4 aromatic heterocycles. The number of hydrogen-bond acceptors (Lipinski definition) is 11. The van der Waals surface area contributed by atoms with Crippen molar-refractivity contribution >= 4 is 24.3 Å². The third kappa shape index (κ3) is 12.7. The Morgan fingerprint density at radius 3 is 1.57 bits per heavy atom. The first-order chi connectivity index (χ1) is 24.6. The summed E-state index contributed by atoms with van der Waals surface area (Å²) in [5, 5.41) is 19.8. The lowest BCUT2D eigenvalue weighted by Gasteiger charge is -2.01. The summed E-state index contributed by atoms with van der Waals surface area (Å²) in [6.45, 7) is 8.88. The Balaban J connectivity index is 0.000000194. The van der Waals surface area contributed by atoms with Gasteiger partial charge in [-0.15, -0.1) is 10.2 Å². The summed E-state index contributed by atoms with van der Waals surface area (Å²) in [5.41, 5.74) is 13.2. The number of benzene rings is 2. The van der Waals surface area contributed by atoms with Gasteiger partial charge in [0.25, 0.3) is 0 Å². The number of aryl methyl sites for hydroxylation is 4. The number of aromatic nitrogens is 10. The molecular formula is C36H38N12O3. The number of carbonyl (C=O) groups excluding carboxylic acids is 1. The quantitative estimate of drug-likeness (QED) is 0.183. The molecule has 0 spiro atoms. The molecule has 0 fully saturated rings. The Hall–Kier alpha value is -6.74. The lowest BCUT2D eigenvalue weighted by Crippen LogP contribution is -2.21. The Morgan fingerprint density at radius 1 is 0.686 bits per heavy atom. The van der Waals surface area contributed by atoms with Gasteiger partial charge in [-0.25, -0.2) is 24.1 Å². The number of carboxylic acid groups (broad SMARTS) is 1. The minimum Gasteiger partial charge on any atom is -0.478 e. The fourth-order valence-electron chi connectivity index (χ4n) is 4.54. The van der Waals surface area contributed by atoms with Gasteiger partial charge in [0.15, 0.2) is 11.6 Å². The van der Waals surface area contributed by atoms with E-state index in [0.717, 1.165) is 45.2 Å². The van der Waals surface area contributed by atoms with E-state index in [1.807, 2.05) is 52.0 Å². The molecule has 0 aliphatic rings. The fourth-order valence-corrected chi connectivity index (χ4v) is 4.54. The van der Waals surface area contributed by atoms with Crippen LogP contribution in [-0.4, -0.2) is 66.4 Å². The summed E-state index contributed by atoms with van der Waals surface area (Å²) >= 11 is 0. The Kier molecular flexibility index (Phi) is 13.6. The molecule has 51 heavy (non-hydrogen) atoms. The Morgan fingerprint density at radius 2 is 1.16 bits per heavy atom. The predicted molar refractivity (Wildman–Crippen MR) is 192 cm³/mol. The fraction of sp³-hybridized carbons (Fsp3) is 0.167. The highest BCUT2D eigenvalue weighted by Crippen LogP contribution is 2.19. The molecule has 0 radical (unpaired) electrons. The van der Waals surface area contributed by atoms with Gasteiger partial charge < -0.3 is 16.2 Å². The van der Waals surface area contributed by atoms with Gasteiger partial charge in [0.05, 0.1) is 24.1 Å². The van der Waals surface area contributed by atoms with E-state index in [1.54, 1.807) is 49.7 Å². The second kappa shape index (κ2) is 18.7. The molecule has 0 saturated carbocycles. The Bertz CT molecular complexity index is 2050. The topological polar surface area (TPSA) is 205 Å². The summed E-state index contributed by atoms with van der Waals surface area (Å²) in [5.74, 6) is -0.0548. The van der Waals surface area contributed by atoms with Gasteiger partial charge >= 0.3 is 5.97 Å². The maximum Gasteiger partial charge on any atom is 0.329 e. The number of nitrogens with two attached hydrogens (primary N) is 1. The minimum atomic E-state index is -1.02. The van der Waals surface area contributed by atoms with Crippen molar-refractivity contribution in [2.24, 2.45) is 5.73 Å². The molecule has 6 aromatic rings. The van der Waals surface area contributed by atoms with Crippen molar-refractivity contribution in [1.82, 2.24) is 54.8 Å². The molecule has 0 unspecified atom stereocenters. The van der Waals surface area contributed by atoms with Crippen LogP contribution in [0.5, 0.6) is 0 Å². The number of rotatable bonds is 9. The van der Waals surface area contributed by atoms with Crippen molar-refractivity contribution in [2.75, 3.05) is 0 Å². The number of aliphatic carboxylic acids is 1. The summed E-state index contributed by atoms with van der Waals surface area (Å²) in [4.78, 5) is 46.4. The molecular weight excluding hydrogens is 648 g/mol. The zero-order chi connectivity index (χ0) is 36.6. The molecule has 2 aromatic carbocycles. The van der Waals surface area contributed by atoms with Crippen LogP contribution in [0.15, 0.2) is 98.4 Å². The van der Waals surface area contributed by atoms with Crippen molar-refractivity contribution < 1.29 is 14.7 Å². The van der Waals surface area contributed by atoms with Crippen LogP contribution in [-0.2, 0) is 22.7 Å². The van der Waals surface area contributed by atoms with E-state index >= 15 is 0 Å². The molecule has 0 aliphatic carbocycles. The summed E-state index contributed by atoms with van der Waals surface area (Å²) < 4.78 is 2.88. The standard InChI is InChI=1S/C18H18N6O.C13H13N3O2.C5H7N3/c1-13-7-14(2)9-15(8-13)18-22-12-24(23-18)6-3-17(25)21-11-16-10-19-4-5-20-16;1-9-5-10(2)7-11(6-9)13-14-8-16(15-13)4-3-12(17)18;6-3-5-4-7-1-2-8-5/h3-10,12H,11H2,1-2H3,(H,21,25);3-8H,1-2H3,(H,17,18);1-2,4H,3,6H2/b6-3+;4-3+;. The average Bonchev–Trinajstić information content (AvgIpc) is 3.80. The second-order valence-corrected chi connectivity index (χ2v) is 11.1. The molecule has 0 saturated heterocycles. The lowest BCUT2D eigenvalue weighted by molar-refractivity contribution is -0.131. The van der Waals surface area contributed by atoms with Crippen molar-refractivity contribution in [3.05, 3.63) is 132 Å². The SMILES string of the molecule is Cc1cc(C)cc(-c2ncn(/C=C/C(=O)NCc3cnccn3)n2)c1.Cc1cc(C)cc(-c2ncn(/C=C/C(=O)O)n2)c1.NCc1cnccn1. The number of amides is 1. The summed E-state index contributed by atoms with van der Waals surface area (Å²) in [6.07, 6.45) is 18.1. The van der Waals surface area contributed by atoms with Crippen LogP contribution in [0.3, 0.4) is 0 Å². The smallest absolute Gasteiger partial charge is 0.329 e. The van der Waals surface area contributed by atoms with Gasteiger partial charge in [-0.2, -0.15) is 0 Å². The van der Waals surface area contributed by atoms with E-state index in [-0.39, 0.29) is 5.91 Å². The predicted octanol–water partition coefficient (Wildman–Crippen LogP) is 4.19. The van der Waals surface area contributed by atoms with E-state index in [9.17, 15) is 9.59 Å². The first-order valence-corrected chi connectivity index (χ1v) is 15.6. The van der Waals surface area contributed by atoms with Crippen molar-refractivity contribution in [2.45, 2.75) is 40.8 Å². The zero-order valence-electron chi connectivity index (χ0n) is 28.6. The lowest BCUT2D eigenvalue weighted by atomic mass is 10.1. The zero-order valence-corrected chi connectivity index (χ0v) is 28.6. The van der Waals surface area contributed by atoms with Crippen molar-refractivity contribution in [1.29, 1.82) is 0 Å². The number of nitrogens with one attached hydrogen (secondary N) is 1. The monoisotopic (exact) mass is 686 g/mol. The van der Waals surface area contributed by atoms with Crippen LogP contribution in [0, 0.1) is 27.7 Å². The van der Waals surface area contributed by atoms with Crippen LogP contribution in [0.1, 0.15) is 33.6 Å². The molecule has 0 atom stereocenters. The molecule has 0 aliphatic heterocycles. The normalized spacial score (nSPS) is 10.7. The van der Waals surface area contributed by atoms with Crippen LogP contribution in [0.4, 0.5) is 0 Å². The third-order valence-electron chi connectivity index (χ3n) is 6.61. The maximum atomic E-state index is 11.8. The number of nitrogens with zero attached hydrogens (tertiary/aromatic N) is 10. The van der Waals surface area contributed by atoms with Gasteiger partial charge in [0, 0.05) is 73.2 Å². The third-order valence-corrected chi connectivity index (χ3v) is 6.61. The van der Waals surface area contributed by atoms with E-state index in [2.05, 4.69) is 57.6 Å². The van der Waals surface area contributed by atoms with Crippen LogP contribution >= 0.6 is 0 Å². The first-order valence-electron chi connectivity index (χ1n) is 15.6. The van der Waals surface area contributed by atoms with Gasteiger partial charge in [-0.1, -0.05) is 34.4 Å². The van der Waals surface area contributed by atoms with Gasteiger partial charge in [0.2, 0.25) is 5.91 Å². The molecule has 260 valence electrons. The van der Waals surface area contributed by atoms with Crippen molar-refractivity contribution in [3.8, 4) is 22.8 Å². The van der Waals surface area contributed by atoms with Crippen LogP contribution in [0.25, 0.3) is 35.2 Å². The molecule has 0 bridgehead atoms. The molecule has 15 nitrogen and oxygen atoms in total.